The molecule has 126 valence electrons. The third kappa shape index (κ3) is 3.22. The Balaban J connectivity index is 1.74. The van der Waals surface area contributed by atoms with E-state index in [2.05, 4.69) is 5.32 Å². The Kier molecular flexibility index (Phi) is 4.36. The van der Waals surface area contributed by atoms with Crippen molar-refractivity contribution in [1.29, 1.82) is 0 Å². The van der Waals surface area contributed by atoms with Gasteiger partial charge in [0.1, 0.15) is 5.82 Å². The molecular formula is C17H21F3N2O. The third-order valence-corrected chi connectivity index (χ3v) is 5.17. The number of hydrogen-bond acceptors (Lipinski definition) is 2. The number of alkyl halides is 2. The molecule has 0 aromatic heterocycles. The largest absolute Gasteiger partial charge is 0.349 e. The number of halogens is 3. The monoisotopic (exact) mass is 326 g/mol. The molecule has 2 saturated carbocycles. The first-order chi connectivity index (χ1) is 10.9. The molecule has 3 N–H and O–H groups in total. The zero-order valence-electron chi connectivity index (χ0n) is 12.8. The molecule has 6 heteroatoms. The zero-order valence-corrected chi connectivity index (χ0v) is 12.8. The van der Waals surface area contributed by atoms with Crippen molar-refractivity contribution in [2.45, 2.75) is 50.1 Å². The highest BCUT2D eigenvalue weighted by Gasteiger charge is 2.46. The van der Waals surface area contributed by atoms with Crippen molar-refractivity contribution in [3.8, 4) is 0 Å². The van der Waals surface area contributed by atoms with Gasteiger partial charge in [-0.15, -0.1) is 0 Å². The molecule has 0 spiro atoms. The van der Waals surface area contributed by atoms with Crippen molar-refractivity contribution >= 4 is 5.91 Å². The topological polar surface area (TPSA) is 55.1 Å². The minimum Gasteiger partial charge on any atom is -0.347 e. The Morgan fingerprint density at radius 1 is 1.13 bits per heavy atom. The molecule has 3 rings (SSSR count). The molecular weight excluding hydrogens is 305 g/mol. The molecule has 1 aromatic carbocycles. The maximum absolute atomic E-state index is 14.3. The minimum absolute atomic E-state index is 0.0936. The lowest BCUT2D eigenvalue weighted by Gasteiger charge is -2.45. The molecule has 2 atom stereocenters. The van der Waals surface area contributed by atoms with Crippen LogP contribution in [0.5, 0.6) is 0 Å². The van der Waals surface area contributed by atoms with Gasteiger partial charge in [-0.05, 0) is 61.8 Å². The fraction of sp³-hybridized carbons (Fsp3) is 0.588. The predicted molar refractivity (Wildman–Crippen MR) is 80.3 cm³/mol. The van der Waals surface area contributed by atoms with Gasteiger partial charge >= 0.3 is 5.92 Å². The Morgan fingerprint density at radius 3 is 2.26 bits per heavy atom. The van der Waals surface area contributed by atoms with Gasteiger partial charge in [0, 0.05) is 17.6 Å². The van der Waals surface area contributed by atoms with Crippen molar-refractivity contribution in [2.75, 3.05) is 0 Å². The maximum atomic E-state index is 14.3. The highest BCUT2D eigenvalue weighted by molar-refractivity contribution is 5.85. The third-order valence-electron chi connectivity index (χ3n) is 5.17. The maximum Gasteiger partial charge on any atom is 0.349 e. The van der Waals surface area contributed by atoms with Crippen LogP contribution in [0.15, 0.2) is 24.3 Å². The zero-order chi connectivity index (χ0) is 16.6. The summed E-state index contributed by atoms with van der Waals surface area (Å²) >= 11 is 0. The molecule has 2 aliphatic carbocycles. The van der Waals surface area contributed by atoms with Gasteiger partial charge in [-0.25, -0.2) is 4.39 Å². The Bertz CT molecular complexity index is 562. The molecule has 1 aromatic rings. The second-order valence-corrected chi connectivity index (χ2v) is 6.76. The first-order valence-corrected chi connectivity index (χ1v) is 8.08. The number of carbonyl (C=O) groups excluding carboxylic acids is 1. The van der Waals surface area contributed by atoms with Crippen LogP contribution < -0.4 is 11.1 Å². The van der Waals surface area contributed by atoms with E-state index >= 15 is 0 Å². The number of hydrogen-bond donors (Lipinski definition) is 2. The molecule has 2 fully saturated rings. The van der Waals surface area contributed by atoms with Gasteiger partial charge in [0.25, 0.3) is 5.91 Å². The number of fused-ring (bicyclic) bond motifs is 2. The smallest absolute Gasteiger partial charge is 0.347 e. The molecule has 23 heavy (non-hydrogen) atoms. The molecule has 0 aliphatic heterocycles. The number of carbonyl (C=O) groups is 1. The average molecular weight is 326 g/mol. The molecule has 2 unspecified atom stereocenters. The molecule has 1 amide bonds. The van der Waals surface area contributed by atoms with Gasteiger partial charge in [-0.3, -0.25) is 4.79 Å². The molecule has 0 saturated heterocycles. The first-order valence-electron chi connectivity index (χ1n) is 8.08. The second kappa shape index (κ2) is 6.15. The van der Waals surface area contributed by atoms with E-state index in [9.17, 15) is 18.0 Å². The summed E-state index contributed by atoms with van der Waals surface area (Å²) in [6.07, 6.45) is 4.42. The van der Waals surface area contributed by atoms with Crippen molar-refractivity contribution in [3.63, 3.8) is 0 Å². The van der Waals surface area contributed by atoms with Crippen LogP contribution in [-0.4, -0.2) is 18.0 Å². The number of amides is 1. The molecule has 2 bridgehead atoms. The fourth-order valence-corrected chi connectivity index (χ4v) is 4.06. The van der Waals surface area contributed by atoms with Crippen LogP contribution in [0.1, 0.15) is 37.7 Å². The van der Waals surface area contributed by atoms with Gasteiger partial charge in [-0.2, -0.15) is 8.78 Å². The summed E-state index contributed by atoms with van der Waals surface area (Å²) in [6, 6.07) is 3.63. The van der Waals surface area contributed by atoms with E-state index in [-0.39, 0.29) is 23.9 Å². The molecule has 0 heterocycles. The van der Waals surface area contributed by atoms with Gasteiger partial charge in [0.15, 0.2) is 0 Å². The van der Waals surface area contributed by atoms with Gasteiger partial charge in [0.05, 0.1) is 0 Å². The number of nitrogens with two attached hydrogens (primary N) is 1. The summed E-state index contributed by atoms with van der Waals surface area (Å²) in [5, 5.41) is 2.56. The van der Waals surface area contributed by atoms with Crippen LogP contribution in [0, 0.1) is 17.7 Å². The van der Waals surface area contributed by atoms with E-state index in [4.69, 9.17) is 5.73 Å². The summed E-state index contributed by atoms with van der Waals surface area (Å²) < 4.78 is 41.5. The standard InChI is InChI=1S/C17H21F3N2O/c18-13-6-4-12(5-7-13)17(19,20)16(23)22-15-10-2-1-3-11(15)9-14(21)8-10/h4-7,10-11,14-15H,1-3,8-9,21H2,(H,22,23). The Morgan fingerprint density at radius 2 is 1.70 bits per heavy atom. The lowest BCUT2D eigenvalue weighted by atomic mass is 9.67. The molecule has 2 aliphatic rings. The second-order valence-electron chi connectivity index (χ2n) is 6.76. The lowest BCUT2D eigenvalue weighted by Crippen LogP contribution is -2.56. The number of nitrogens with one attached hydrogen (secondary N) is 1. The van der Waals surface area contributed by atoms with Crippen LogP contribution in [-0.2, 0) is 10.7 Å². The normalized spacial score (nSPS) is 30.8. The Hall–Kier alpha value is -1.56. The van der Waals surface area contributed by atoms with Crippen LogP contribution in [0.3, 0.4) is 0 Å². The van der Waals surface area contributed by atoms with Gasteiger partial charge in [-0.1, -0.05) is 6.42 Å². The fourth-order valence-electron chi connectivity index (χ4n) is 4.06. The van der Waals surface area contributed by atoms with Crippen LogP contribution >= 0.6 is 0 Å². The Labute approximate surface area is 133 Å². The van der Waals surface area contributed by atoms with Crippen molar-refractivity contribution in [3.05, 3.63) is 35.6 Å². The van der Waals surface area contributed by atoms with E-state index in [1.54, 1.807) is 0 Å². The SMILES string of the molecule is NC1CC2CCCC(C1)C2NC(=O)C(F)(F)c1ccc(F)cc1. The predicted octanol–water partition coefficient (Wildman–Crippen LogP) is 2.94. The highest BCUT2D eigenvalue weighted by Crippen LogP contribution is 2.40. The lowest BCUT2D eigenvalue weighted by molar-refractivity contribution is -0.149. The average Bonchev–Trinajstić information content (AvgIpc) is 2.48. The summed E-state index contributed by atoms with van der Waals surface area (Å²) in [5.41, 5.74) is 5.52. The summed E-state index contributed by atoms with van der Waals surface area (Å²) in [7, 11) is 0. The van der Waals surface area contributed by atoms with Crippen molar-refractivity contribution in [2.24, 2.45) is 17.6 Å². The summed E-state index contributed by atoms with van der Waals surface area (Å²) in [5.74, 6) is -5.24. The molecule has 0 radical (unpaired) electrons. The first kappa shape index (κ1) is 16.3. The number of rotatable bonds is 3. The van der Waals surface area contributed by atoms with Gasteiger partial charge < -0.3 is 11.1 Å². The van der Waals surface area contributed by atoms with Crippen LogP contribution in [0.25, 0.3) is 0 Å². The van der Waals surface area contributed by atoms with E-state index < -0.39 is 23.2 Å². The van der Waals surface area contributed by atoms with Crippen molar-refractivity contribution < 1.29 is 18.0 Å². The van der Waals surface area contributed by atoms with Gasteiger partial charge in [0.2, 0.25) is 0 Å². The van der Waals surface area contributed by atoms with E-state index in [1.807, 2.05) is 0 Å². The van der Waals surface area contributed by atoms with E-state index in [1.165, 1.54) is 0 Å². The molecule has 3 nitrogen and oxygen atoms in total. The van der Waals surface area contributed by atoms with Crippen molar-refractivity contribution in [1.82, 2.24) is 5.32 Å². The minimum atomic E-state index is -3.67. The van der Waals surface area contributed by atoms with E-state index in [0.29, 0.717) is 0 Å². The number of benzene rings is 1. The quantitative estimate of drug-likeness (QED) is 0.897. The summed E-state index contributed by atoms with van der Waals surface area (Å²) in [4.78, 5) is 12.1. The highest BCUT2D eigenvalue weighted by atomic mass is 19.3. The van der Waals surface area contributed by atoms with E-state index in [0.717, 1.165) is 56.4 Å². The van der Waals surface area contributed by atoms with Crippen LogP contribution in [0.2, 0.25) is 0 Å². The van der Waals surface area contributed by atoms with Crippen LogP contribution in [0.4, 0.5) is 13.2 Å². The summed E-state index contributed by atoms with van der Waals surface area (Å²) in [6.45, 7) is 0.